The van der Waals surface area contributed by atoms with Crippen LogP contribution >= 0.6 is 22.9 Å². The number of carbonyl (C=O) groups is 2. The molecule has 1 aromatic heterocycles. The number of esters is 1. The average molecular weight is 404 g/mol. The first-order chi connectivity index (χ1) is 12.8. The van der Waals surface area contributed by atoms with E-state index in [1.807, 2.05) is 12.1 Å². The lowest BCUT2D eigenvalue weighted by molar-refractivity contribution is -0.125. The van der Waals surface area contributed by atoms with Gasteiger partial charge in [-0.3, -0.25) is 4.79 Å². The third kappa shape index (κ3) is 4.46. The van der Waals surface area contributed by atoms with E-state index in [-0.39, 0.29) is 5.92 Å². The third-order valence-electron chi connectivity index (χ3n) is 4.41. The third-order valence-corrected chi connectivity index (χ3v) is 5.83. The molecule has 140 valence electrons. The summed E-state index contributed by atoms with van der Waals surface area (Å²) in [4.78, 5) is 29.1. The maximum atomic E-state index is 12.3. The van der Waals surface area contributed by atoms with Gasteiger partial charge in [-0.25, -0.2) is 9.78 Å². The van der Waals surface area contributed by atoms with Crippen molar-refractivity contribution in [2.45, 2.75) is 32.2 Å². The van der Waals surface area contributed by atoms with Gasteiger partial charge >= 0.3 is 5.97 Å². The highest BCUT2D eigenvalue weighted by Crippen LogP contribution is 2.39. The normalized spacial score (nSPS) is 15.5. The van der Waals surface area contributed by atoms with Crippen LogP contribution in [-0.4, -0.2) is 29.0 Å². The van der Waals surface area contributed by atoms with E-state index in [1.165, 1.54) is 11.3 Å². The first-order valence-electron chi connectivity index (χ1n) is 8.45. The van der Waals surface area contributed by atoms with Gasteiger partial charge in [0.05, 0.1) is 11.8 Å². The second-order valence-corrected chi connectivity index (χ2v) is 8.09. The molecule has 0 aliphatic heterocycles. The van der Waals surface area contributed by atoms with E-state index in [0.717, 1.165) is 18.4 Å². The van der Waals surface area contributed by atoms with Crippen LogP contribution in [0.5, 0.6) is 0 Å². The fourth-order valence-corrected chi connectivity index (χ4v) is 3.88. The van der Waals surface area contributed by atoms with Gasteiger partial charge in [0.2, 0.25) is 0 Å². The van der Waals surface area contributed by atoms with Gasteiger partial charge in [0, 0.05) is 10.6 Å². The van der Waals surface area contributed by atoms with Gasteiger partial charge in [-0.05, 0) is 44.7 Å². The lowest BCUT2D eigenvalue weighted by atomic mass is 9.98. The molecule has 0 saturated heterocycles. The Kier molecular flexibility index (Phi) is 5.49. The standard InChI is InChI=1S/C19H18ClN3O3S/c1-11-16(27-17(22-11)12-4-3-5-14(20)8-12)18(25)26-9-15(24)23-19(2,10-21)13-6-7-13/h3-5,8,13H,6-7,9H2,1-2H3,(H,23,24)/t19-/m0/s1. The van der Waals surface area contributed by atoms with Crippen molar-refractivity contribution in [3.8, 4) is 16.6 Å². The molecule has 1 saturated carbocycles. The number of hydrogen-bond acceptors (Lipinski definition) is 6. The lowest BCUT2D eigenvalue weighted by Crippen LogP contribution is -2.48. The summed E-state index contributed by atoms with van der Waals surface area (Å²) >= 11 is 7.18. The number of ether oxygens (including phenoxy) is 1. The van der Waals surface area contributed by atoms with Crippen LogP contribution < -0.4 is 5.32 Å². The SMILES string of the molecule is Cc1nc(-c2cccc(Cl)c2)sc1C(=O)OCC(=O)N[C@@](C)(C#N)C1CC1. The van der Waals surface area contributed by atoms with E-state index < -0.39 is 24.0 Å². The van der Waals surface area contributed by atoms with Gasteiger partial charge in [0.25, 0.3) is 5.91 Å². The van der Waals surface area contributed by atoms with Crippen LogP contribution in [0.1, 0.15) is 35.1 Å². The number of aryl methyl sites for hydroxylation is 1. The topological polar surface area (TPSA) is 92.1 Å². The number of nitrogens with one attached hydrogen (secondary N) is 1. The molecule has 1 amide bonds. The quantitative estimate of drug-likeness (QED) is 0.741. The van der Waals surface area contributed by atoms with Crippen LogP contribution in [0.2, 0.25) is 5.02 Å². The van der Waals surface area contributed by atoms with E-state index in [2.05, 4.69) is 16.4 Å². The molecule has 1 aromatic carbocycles. The number of hydrogen-bond donors (Lipinski definition) is 1. The number of carbonyl (C=O) groups excluding carboxylic acids is 2. The van der Waals surface area contributed by atoms with Gasteiger partial charge < -0.3 is 10.1 Å². The predicted molar refractivity (Wildman–Crippen MR) is 102 cm³/mol. The molecule has 6 nitrogen and oxygen atoms in total. The van der Waals surface area contributed by atoms with Crippen molar-refractivity contribution in [1.29, 1.82) is 5.26 Å². The molecule has 1 fully saturated rings. The molecule has 0 bridgehead atoms. The van der Waals surface area contributed by atoms with Gasteiger partial charge in [-0.1, -0.05) is 23.7 Å². The summed E-state index contributed by atoms with van der Waals surface area (Å²) in [5, 5.41) is 13.2. The van der Waals surface area contributed by atoms with Crippen molar-refractivity contribution in [2.75, 3.05) is 6.61 Å². The molecule has 3 rings (SSSR count). The fraction of sp³-hybridized carbons (Fsp3) is 0.368. The average Bonchev–Trinajstić information content (AvgIpc) is 3.42. The van der Waals surface area contributed by atoms with Crippen molar-refractivity contribution in [3.05, 3.63) is 39.9 Å². The largest absolute Gasteiger partial charge is 0.451 e. The molecule has 1 aliphatic carbocycles. The van der Waals surface area contributed by atoms with Crippen LogP contribution in [0.25, 0.3) is 10.6 Å². The fourth-order valence-electron chi connectivity index (χ4n) is 2.74. The van der Waals surface area contributed by atoms with Crippen molar-refractivity contribution < 1.29 is 14.3 Å². The maximum Gasteiger partial charge on any atom is 0.350 e. The van der Waals surface area contributed by atoms with Crippen LogP contribution in [0, 0.1) is 24.2 Å². The van der Waals surface area contributed by atoms with E-state index in [9.17, 15) is 14.9 Å². The Hall–Kier alpha value is -2.43. The predicted octanol–water partition coefficient (Wildman–Crippen LogP) is 3.74. The van der Waals surface area contributed by atoms with Crippen LogP contribution in [-0.2, 0) is 9.53 Å². The Morgan fingerprint density at radius 3 is 2.85 bits per heavy atom. The summed E-state index contributed by atoms with van der Waals surface area (Å²) in [5.74, 6) is -0.943. The highest BCUT2D eigenvalue weighted by atomic mass is 35.5. The molecular weight excluding hydrogens is 386 g/mol. The molecular formula is C19H18ClN3O3S. The minimum atomic E-state index is -0.913. The smallest absolute Gasteiger partial charge is 0.350 e. The van der Waals surface area contributed by atoms with Crippen LogP contribution in [0.3, 0.4) is 0 Å². The molecule has 1 N–H and O–H groups in total. The van der Waals surface area contributed by atoms with Crippen LogP contribution in [0.4, 0.5) is 0 Å². The molecule has 0 spiro atoms. The van der Waals surface area contributed by atoms with Crippen molar-refractivity contribution in [1.82, 2.24) is 10.3 Å². The van der Waals surface area contributed by atoms with Gasteiger partial charge in [-0.15, -0.1) is 11.3 Å². The monoisotopic (exact) mass is 403 g/mol. The van der Waals surface area contributed by atoms with E-state index in [1.54, 1.807) is 26.0 Å². The number of nitriles is 1. The zero-order valence-corrected chi connectivity index (χ0v) is 16.5. The maximum absolute atomic E-state index is 12.3. The first kappa shape index (κ1) is 19.3. The first-order valence-corrected chi connectivity index (χ1v) is 9.64. The van der Waals surface area contributed by atoms with Gasteiger partial charge in [0.15, 0.2) is 6.61 Å². The minimum Gasteiger partial charge on any atom is -0.451 e. The Labute approximate surface area is 166 Å². The molecule has 1 heterocycles. The molecule has 0 unspecified atom stereocenters. The summed E-state index contributed by atoms with van der Waals surface area (Å²) in [6, 6.07) is 9.32. The van der Waals surface area contributed by atoms with E-state index in [4.69, 9.17) is 16.3 Å². The molecule has 1 aliphatic rings. The Morgan fingerprint density at radius 2 is 2.22 bits per heavy atom. The Balaban J connectivity index is 1.63. The second kappa shape index (κ2) is 7.67. The number of thiazole rings is 1. The van der Waals surface area contributed by atoms with Crippen molar-refractivity contribution in [2.24, 2.45) is 5.92 Å². The highest BCUT2D eigenvalue weighted by Gasteiger charge is 2.43. The Bertz CT molecular complexity index is 933. The molecule has 0 radical (unpaired) electrons. The zero-order chi connectivity index (χ0) is 19.6. The summed E-state index contributed by atoms with van der Waals surface area (Å²) in [6.45, 7) is 2.96. The number of amides is 1. The molecule has 27 heavy (non-hydrogen) atoms. The van der Waals surface area contributed by atoms with Crippen molar-refractivity contribution >= 4 is 34.8 Å². The second-order valence-electron chi connectivity index (χ2n) is 6.66. The number of rotatable bonds is 6. The summed E-state index contributed by atoms with van der Waals surface area (Å²) in [6.07, 6.45) is 1.83. The number of nitrogens with zero attached hydrogens (tertiary/aromatic N) is 2. The summed E-state index contributed by atoms with van der Waals surface area (Å²) < 4.78 is 5.12. The molecule has 1 atom stereocenters. The highest BCUT2D eigenvalue weighted by molar-refractivity contribution is 7.17. The summed E-state index contributed by atoms with van der Waals surface area (Å²) in [5.41, 5.74) is 0.422. The summed E-state index contributed by atoms with van der Waals surface area (Å²) in [7, 11) is 0. The Morgan fingerprint density at radius 1 is 1.48 bits per heavy atom. The van der Waals surface area contributed by atoms with E-state index >= 15 is 0 Å². The minimum absolute atomic E-state index is 0.158. The number of benzene rings is 1. The lowest BCUT2D eigenvalue weighted by Gasteiger charge is -2.22. The van der Waals surface area contributed by atoms with Crippen LogP contribution in [0.15, 0.2) is 24.3 Å². The molecule has 2 aromatic rings. The zero-order valence-electron chi connectivity index (χ0n) is 14.9. The van der Waals surface area contributed by atoms with Crippen molar-refractivity contribution in [3.63, 3.8) is 0 Å². The molecule has 8 heteroatoms. The van der Waals surface area contributed by atoms with Gasteiger partial charge in [0.1, 0.15) is 15.4 Å². The van der Waals surface area contributed by atoms with E-state index in [0.29, 0.717) is 20.6 Å². The van der Waals surface area contributed by atoms with Gasteiger partial charge in [-0.2, -0.15) is 5.26 Å². The number of halogens is 1. The number of aromatic nitrogens is 1.